The molecule has 3 aromatic carbocycles. The van der Waals surface area contributed by atoms with Crippen LogP contribution in [0.15, 0.2) is 72.8 Å². The van der Waals surface area contributed by atoms with Crippen LogP contribution in [0.25, 0.3) is 0 Å². The van der Waals surface area contributed by atoms with Gasteiger partial charge in [0.15, 0.2) is 0 Å². The van der Waals surface area contributed by atoms with Crippen molar-refractivity contribution in [1.29, 1.82) is 0 Å². The number of anilines is 1. The summed E-state index contributed by atoms with van der Waals surface area (Å²) in [5, 5.41) is 0. The first-order valence-electron chi connectivity index (χ1n) is 11.1. The molecule has 1 aliphatic heterocycles. The van der Waals surface area contributed by atoms with Crippen LogP contribution in [0, 0.1) is 11.8 Å². The number of carbonyl (C=O) groups is 3. The van der Waals surface area contributed by atoms with Crippen LogP contribution < -0.4 is 4.90 Å². The molecule has 2 amide bonds. The minimum Gasteiger partial charge on any atom is -0.462 e. The quantitative estimate of drug-likeness (QED) is 0.240. The summed E-state index contributed by atoms with van der Waals surface area (Å²) in [7, 11) is 0. The Morgan fingerprint density at radius 2 is 1.29 bits per heavy atom. The fourth-order valence-electron chi connectivity index (χ4n) is 5.91. The summed E-state index contributed by atoms with van der Waals surface area (Å²) in [6.45, 7) is 1.97. The summed E-state index contributed by atoms with van der Waals surface area (Å²) in [5.41, 5.74) is 4.59. The van der Waals surface area contributed by atoms with Crippen molar-refractivity contribution in [3.63, 3.8) is 0 Å². The van der Waals surface area contributed by atoms with Gasteiger partial charge in [0.1, 0.15) is 0 Å². The number of rotatable bonds is 3. The lowest BCUT2D eigenvalue weighted by molar-refractivity contribution is -0.122. The zero-order valence-electron chi connectivity index (χ0n) is 18.1. The van der Waals surface area contributed by atoms with E-state index in [1.54, 1.807) is 31.2 Å². The Morgan fingerprint density at radius 3 is 1.74 bits per heavy atom. The maximum Gasteiger partial charge on any atom is 0.338 e. The molecule has 0 unspecified atom stereocenters. The summed E-state index contributed by atoms with van der Waals surface area (Å²) in [5.74, 6) is -2.39. The van der Waals surface area contributed by atoms with E-state index in [1.165, 1.54) is 4.90 Å². The number of ether oxygens (including phenoxy) is 1. The molecule has 0 spiro atoms. The van der Waals surface area contributed by atoms with E-state index in [0.29, 0.717) is 11.3 Å². The van der Waals surface area contributed by atoms with Crippen molar-refractivity contribution in [3.05, 3.63) is 101 Å². The number of halogens is 2. The highest BCUT2D eigenvalue weighted by molar-refractivity contribution is 9.10. The average molecular weight is 581 g/mol. The van der Waals surface area contributed by atoms with E-state index in [9.17, 15) is 14.4 Å². The van der Waals surface area contributed by atoms with Gasteiger partial charge in [0.2, 0.25) is 11.8 Å². The van der Waals surface area contributed by atoms with Gasteiger partial charge in [0.05, 0.1) is 38.3 Å². The van der Waals surface area contributed by atoms with Crippen LogP contribution in [0.3, 0.4) is 0 Å². The van der Waals surface area contributed by atoms with E-state index < -0.39 is 26.5 Å². The van der Waals surface area contributed by atoms with Crippen molar-refractivity contribution < 1.29 is 19.1 Å². The maximum atomic E-state index is 14.1. The molecule has 170 valence electrons. The summed E-state index contributed by atoms with van der Waals surface area (Å²) < 4.78 is 3.42. The smallest absolute Gasteiger partial charge is 0.338 e. The predicted molar refractivity (Wildman–Crippen MR) is 134 cm³/mol. The molecule has 5 nitrogen and oxygen atoms in total. The Bertz CT molecular complexity index is 1280. The van der Waals surface area contributed by atoms with Gasteiger partial charge in [-0.1, -0.05) is 86.5 Å². The standard InChI is InChI=1S/C27H19Br2NO4/c1-2-34-25(33)15-8-7-9-16(14-15)30-23(31)21-22(24(30)32)27(29)18-11-4-3-10-17(18)26(21,28)19-12-5-6-13-20(19)27/h3-14,21-22H,2H2,1H3/t21-,22-,26?,27?/m0/s1. The van der Waals surface area contributed by atoms with Gasteiger partial charge in [-0.2, -0.15) is 0 Å². The molecule has 0 N–H and O–H groups in total. The van der Waals surface area contributed by atoms with E-state index in [2.05, 4.69) is 31.9 Å². The molecule has 1 saturated heterocycles. The zero-order valence-corrected chi connectivity index (χ0v) is 21.3. The monoisotopic (exact) mass is 579 g/mol. The van der Waals surface area contributed by atoms with Crippen LogP contribution in [0.1, 0.15) is 39.5 Å². The first-order chi connectivity index (χ1) is 16.3. The molecular formula is C27H19Br2NO4. The molecule has 0 radical (unpaired) electrons. The molecule has 34 heavy (non-hydrogen) atoms. The number of alkyl halides is 2. The number of imide groups is 1. The second kappa shape index (κ2) is 7.36. The average Bonchev–Trinajstić information content (AvgIpc) is 3.14. The fourth-order valence-corrected chi connectivity index (χ4v) is 8.21. The van der Waals surface area contributed by atoms with Crippen LogP contribution >= 0.6 is 31.9 Å². The largest absolute Gasteiger partial charge is 0.462 e. The molecule has 1 fully saturated rings. The van der Waals surface area contributed by atoms with Gasteiger partial charge in [-0.15, -0.1) is 0 Å². The fraction of sp³-hybridized carbons (Fsp3) is 0.222. The minimum atomic E-state index is -0.847. The SMILES string of the molecule is CCOC(=O)c1cccc(N2C(=O)[C@@H]3[C@@H](C2=O)C2(Br)c4ccccc4C3(Br)c3ccccc32)c1. The number of carbonyl (C=O) groups excluding carboxylic acids is 3. The van der Waals surface area contributed by atoms with Crippen LogP contribution in [0.2, 0.25) is 0 Å². The van der Waals surface area contributed by atoms with Crippen LogP contribution in [0.5, 0.6) is 0 Å². The van der Waals surface area contributed by atoms with Crippen molar-refractivity contribution in [2.75, 3.05) is 11.5 Å². The van der Waals surface area contributed by atoms with Gasteiger partial charge in [-0.05, 0) is 47.4 Å². The van der Waals surface area contributed by atoms with Crippen molar-refractivity contribution >= 4 is 55.3 Å². The molecular weight excluding hydrogens is 562 g/mol. The molecule has 3 aromatic rings. The van der Waals surface area contributed by atoms with Gasteiger partial charge in [0, 0.05) is 0 Å². The van der Waals surface area contributed by atoms with E-state index in [0.717, 1.165) is 22.3 Å². The lowest BCUT2D eigenvalue weighted by Gasteiger charge is -2.55. The summed E-state index contributed by atoms with van der Waals surface area (Å²) >= 11 is 7.99. The van der Waals surface area contributed by atoms with Crippen LogP contribution in [-0.2, 0) is 23.0 Å². The van der Waals surface area contributed by atoms with Crippen LogP contribution in [-0.4, -0.2) is 24.4 Å². The minimum absolute atomic E-state index is 0.240. The normalized spacial score (nSPS) is 28.4. The number of hydrogen-bond acceptors (Lipinski definition) is 4. The molecule has 7 rings (SSSR count). The van der Waals surface area contributed by atoms with Gasteiger partial charge >= 0.3 is 5.97 Å². The van der Waals surface area contributed by atoms with Crippen LogP contribution in [0.4, 0.5) is 5.69 Å². The first-order valence-corrected chi connectivity index (χ1v) is 12.7. The Morgan fingerprint density at radius 1 is 0.824 bits per heavy atom. The molecule has 4 aliphatic rings. The van der Waals surface area contributed by atoms with Gasteiger partial charge in [0.25, 0.3) is 0 Å². The van der Waals surface area contributed by atoms with Gasteiger partial charge in [-0.25, -0.2) is 9.69 Å². The zero-order chi connectivity index (χ0) is 23.8. The molecule has 7 heteroatoms. The molecule has 0 saturated carbocycles. The third-order valence-electron chi connectivity index (χ3n) is 7.20. The van der Waals surface area contributed by atoms with Crippen molar-refractivity contribution in [1.82, 2.24) is 0 Å². The van der Waals surface area contributed by atoms with Gasteiger partial charge in [-0.3, -0.25) is 9.59 Å². The number of nitrogens with zero attached hydrogens (tertiary/aromatic N) is 1. The maximum absolute atomic E-state index is 14.1. The molecule has 0 aromatic heterocycles. The lowest BCUT2D eigenvalue weighted by Crippen LogP contribution is -2.56. The predicted octanol–water partition coefficient (Wildman–Crippen LogP) is 5.27. The Kier molecular flexibility index (Phi) is 4.71. The first kappa shape index (κ1) is 21.7. The highest BCUT2D eigenvalue weighted by Crippen LogP contribution is 2.70. The summed E-state index contributed by atoms with van der Waals surface area (Å²) in [4.78, 5) is 41.7. The Labute approximate surface area is 213 Å². The van der Waals surface area contributed by atoms with Crippen molar-refractivity contribution in [3.8, 4) is 0 Å². The number of benzene rings is 3. The Balaban J connectivity index is 1.56. The topological polar surface area (TPSA) is 63.7 Å². The highest BCUT2D eigenvalue weighted by atomic mass is 79.9. The van der Waals surface area contributed by atoms with E-state index in [-0.39, 0.29) is 18.4 Å². The third-order valence-corrected chi connectivity index (χ3v) is 9.90. The molecule has 2 bridgehead atoms. The molecule has 2 atom stereocenters. The van der Waals surface area contributed by atoms with E-state index in [4.69, 9.17) is 4.74 Å². The molecule has 1 heterocycles. The lowest BCUT2D eigenvalue weighted by atomic mass is 9.54. The molecule has 3 aliphatic carbocycles. The van der Waals surface area contributed by atoms with Crippen molar-refractivity contribution in [2.45, 2.75) is 15.6 Å². The highest BCUT2D eigenvalue weighted by Gasteiger charge is 2.72. The third kappa shape index (κ3) is 2.52. The van der Waals surface area contributed by atoms with E-state index in [1.807, 2.05) is 48.5 Å². The summed E-state index contributed by atoms with van der Waals surface area (Å²) in [6.07, 6.45) is 0. The summed E-state index contributed by atoms with van der Waals surface area (Å²) in [6, 6.07) is 22.4. The van der Waals surface area contributed by atoms with E-state index >= 15 is 0 Å². The number of amides is 2. The van der Waals surface area contributed by atoms with Crippen molar-refractivity contribution in [2.24, 2.45) is 11.8 Å². The second-order valence-electron chi connectivity index (χ2n) is 8.75. The number of esters is 1. The van der Waals surface area contributed by atoms with Gasteiger partial charge < -0.3 is 4.74 Å². The number of hydrogen-bond donors (Lipinski definition) is 0. The second-order valence-corrected chi connectivity index (χ2v) is 11.3. The Hall–Kier alpha value is -2.77.